The molecular weight excluding hydrogens is 238 g/mol. The summed E-state index contributed by atoms with van der Waals surface area (Å²) < 4.78 is 0. The number of carbonyl (C=O) groups excluding carboxylic acids is 1. The predicted molar refractivity (Wildman–Crippen MR) is 75.9 cm³/mol. The van der Waals surface area contributed by atoms with Crippen molar-refractivity contribution in [1.29, 1.82) is 0 Å². The quantitative estimate of drug-likeness (QED) is 0.816. The summed E-state index contributed by atoms with van der Waals surface area (Å²) in [5, 5.41) is 3.42. The zero-order valence-electron chi connectivity index (χ0n) is 12.1. The average molecular weight is 265 g/mol. The van der Waals surface area contributed by atoms with Crippen LogP contribution in [-0.2, 0) is 4.79 Å². The first kappa shape index (κ1) is 13.4. The van der Waals surface area contributed by atoms with Gasteiger partial charge in [-0.3, -0.25) is 4.79 Å². The Bertz CT molecular complexity index is 325. The molecule has 108 valence electrons. The van der Waals surface area contributed by atoms with E-state index in [2.05, 4.69) is 17.3 Å². The summed E-state index contributed by atoms with van der Waals surface area (Å²) in [5.41, 5.74) is 0. The molecule has 0 radical (unpaired) electrons. The second-order valence-electron chi connectivity index (χ2n) is 6.75. The minimum atomic E-state index is 0.288. The Kier molecular flexibility index (Phi) is 4.08. The second-order valence-corrected chi connectivity index (χ2v) is 6.75. The van der Waals surface area contributed by atoms with E-state index in [1.807, 2.05) is 4.90 Å². The molecule has 0 aromatic heterocycles. The standard InChI is InChI=1S/C15H27N3O/c1-17-4-6-18(7-5-17)15(19)11-16-10-14-9-12-2-3-13(14)8-12/h12-14,16H,2-11H2,1H3. The SMILES string of the molecule is CN1CCN(C(=O)CNCC2CC3CCC2C3)CC1. The highest BCUT2D eigenvalue weighted by molar-refractivity contribution is 5.78. The molecule has 2 saturated carbocycles. The van der Waals surface area contributed by atoms with Gasteiger partial charge in [-0.15, -0.1) is 0 Å². The van der Waals surface area contributed by atoms with Crippen molar-refractivity contribution in [2.75, 3.05) is 46.3 Å². The van der Waals surface area contributed by atoms with Crippen LogP contribution in [0.2, 0.25) is 0 Å². The molecule has 3 rings (SSSR count). The number of nitrogens with one attached hydrogen (secondary N) is 1. The highest BCUT2D eigenvalue weighted by Crippen LogP contribution is 2.47. The number of likely N-dealkylation sites (N-methyl/N-ethyl adjacent to an activating group) is 1. The lowest BCUT2D eigenvalue weighted by atomic mass is 9.89. The summed E-state index contributed by atoms with van der Waals surface area (Å²) in [6.45, 7) is 5.41. The number of hydrogen-bond acceptors (Lipinski definition) is 3. The number of hydrogen-bond donors (Lipinski definition) is 1. The molecule has 0 aromatic carbocycles. The lowest BCUT2D eigenvalue weighted by Gasteiger charge is -2.32. The van der Waals surface area contributed by atoms with Crippen LogP contribution in [0.5, 0.6) is 0 Å². The van der Waals surface area contributed by atoms with Crippen molar-refractivity contribution in [3.8, 4) is 0 Å². The normalized spacial score (nSPS) is 35.0. The van der Waals surface area contributed by atoms with Gasteiger partial charge >= 0.3 is 0 Å². The first-order chi connectivity index (χ1) is 9.22. The van der Waals surface area contributed by atoms with E-state index in [1.54, 1.807) is 0 Å². The summed E-state index contributed by atoms with van der Waals surface area (Å²) in [5.74, 6) is 3.09. The first-order valence-electron chi connectivity index (χ1n) is 7.89. The Morgan fingerprint density at radius 2 is 1.95 bits per heavy atom. The molecular formula is C15H27N3O. The molecule has 2 aliphatic carbocycles. The minimum absolute atomic E-state index is 0.288. The molecule has 3 aliphatic rings. The van der Waals surface area contributed by atoms with Crippen molar-refractivity contribution >= 4 is 5.91 Å². The molecule has 1 amide bonds. The largest absolute Gasteiger partial charge is 0.339 e. The highest BCUT2D eigenvalue weighted by Gasteiger charge is 2.38. The van der Waals surface area contributed by atoms with Crippen LogP contribution in [-0.4, -0.2) is 62.0 Å². The maximum Gasteiger partial charge on any atom is 0.236 e. The third-order valence-electron chi connectivity index (χ3n) is 5.42. The van der Waals surface area contributed by atoms with Gasteiger partial charge in [0.15, 0.2) is 0 Å². The van der Waals surface area contributed by atoms with Crippen LogP contribution in [0.3, 0.4) is 0 Å². The molecule has 1 aliphatic heterocycles. The van der Waals surface area contributed by atoms with Crippen LogP contribution >= 0.6 is 0 Å². The molecule has 1 saturated heterocycles. The van der Waals surface area contributed by atoms with E-state index >= 15 is 0 Å². The van der Waals surface area contributed by atoms with Crippen molar-refractivity contribution < 1.29 is 4.79 Å². The van der Waals surface area contributed by atoms with Crippen LogP contribution in [0.15, 0.2) is 0 Å². The summed E-state index contributed by atoms with van der Waals surface area (Å²) >= 11 is 0. The van der Waals surface area contributed by atoms with Gasteiger partial charge in [0.1, 0.15) is 0 Å². The molecule has 19 heavy (non-hydrogen) atoms. The summed E-state index contributed by atoms with van der Waals surface area (Å²) in [6, 6.07) is 0. The van der Waals surface area contributed by atoms with E-state index in [0.717, 1.165) is 50.5 Å². The number of nitrogens with zero attached hydrogens (tertiary/aromatic N) is 2. The van der Waals surface area contributed by atoms with Crippen molar-refractivity contribution in [2.45, 2.75) is 25.7 Å². The first-order valence-corrected chi connectivity index (χ1v) is 7.89. The lowest BCUT2D eigenvalue weighted by Crippen LogP contribution is -2.49. The van der Waals surface area contributed by atoms with E-state index in [-0.39, 0.29) is 5.91 Å². The minimum Gasteiger partial charge on any atom is -0.339 e. The maximum absolute atomic E-state index is 12.1. The van der Waals surface area contributed by atoms with Gasteiger partial charge in [0.2, 0.25) is 5.91 Å². The number of piperazine rings is 1. The van der Waals surface area contributed by atoms with E-state index in [1.165, 1.54) is 25.7 Å². The van der Waals surface area contributed by atoms with Crippen LogP contribution in [0.25, 0.3) is 0 Å². The van der Waals surface area contributed by atoms with Crippen LogP contribution in [0.1, 0.15) is 25.7 Å². The number of rotatable bonds is 4. The molecule has 4 heteroatoms. The van der Waals surface area contributed by atoms with E-state index in [4.69, 9.17) is 0 Å². The van der Waals surface area contributed by atoms with Gasteiger partial charge in [-0.05, 0) is 50.6 Å². The van der Waals surface area contributed by atoms with E-state index in [9.17, 15) is 4.79 Å². The van der Waals surface area contributed by atoms with Crippen molar-refractivity contribution in [1.82, 2.24) is 15.1 Å². The summed E-state index contributed by atoms with van der Waals surface area (Å²) in [7, 11) is 2.12. The summed E-state index contributed by atoms with van der Waals surface area (Å²) in [6.07, 6.45) is 5.75. The van der Waals surface area contributed by atoms with Gasteiger partial charge < -0.3 is 15.1 Å². The molecule has 0 aromatic rings. The van der Waals surface area contributed by atoms with Crippen LogP contribution < -0.4 is 5.32 Å². The Hall–Kier alpha value is -0.610. The number of amides is 1. The Morgan fingerprint density at radius 1 is 1.16 bits per heavy atom. The maximum atomic E-state index is 12.1. The zero-order valence-corrected chi connectivity index (χ0v) is 12.1. The van der Waals surface area contributed by atoms with Gasteiger partial charge in [0, 0.05) is 26.2 Å². The molecule has 0 spiro atoms. The van der Waals surface area contributed by atoms with Gasteiger partial charge in [0.05, 0.1) is 6.54 Å². The zero-order chi connectivity index (χ0) is 13.2. The Balaban J connectivity index is 1.35. The van der Waals surface area contributed by atoms with Gasteiger partial charge in [-0.1, -0.05) is 6.42 Å². The topological polar surface area (TPSA) is 35.6 Å². The lowest BCUT2D eigenvalue weighted by molar-refractivity contribution is -0.131. The van der Waals surface area contributed by atoms with Crippen molar-refractivity contribution in [3.05, 3.63) is 0 Å². The molecule has 2 bridgehead atoms. The summed E-state index contributed by atoms with van der Waals surface area (Å²) in [4.78, 5) is 16.4. The van der Waals surface area contributed by atoms with Gasteiger partial charge in [-0.2, -0.15) is 0 Å². The Morgan fingerprint density at radius 3 is 2.58 bits per heavy atom. The fraction of sp³-hybridized carbons (Fsp3) is 0.933. The fourth-order valence-corrected chi connectivity index (χ4v) is 4.16. The van der Waals surface area contributed by atoms with E-state index in [0.29, 0.717) is 6.54 Å². The van der Waals surface area contributed by atoms with E-state index < -0.39 is 0 Å². The molecule has 3 atom stereocenters. The molecule has 3 fully saturated rings. The Labute approximate surface area is 116 Å². The molecule has 3 unspecified atom stereocenters. The molecule has 1 N–H and O–H groups in total. The third-order valence-corrected chi connectivity index (χ3v) is 5.42. The molecule has 4 nitrogen and oxygen atoms in total. The molecule has 1 heterocycles. The smallest absolute Gasteiger partial charge is 0.236 e. The van der Waals surface area contributed by atoms with Crippen LogP contribution in [0, 0.1) is 17.8 Å². The fourth-order valence-electron chi connectivity index (χ4n) is 4.16. The monoisotopic (exact) mass is 265 g/mol. The van der Waals surface area contributed by atoms with Crippen molar-refractivity contribution in [2.24, 2.45) is 17.8 Å². The van der Waals surface area contributed by atoms with Gasteiger partial charge in [0.25, 0.3) is 0 Å². The predicted octanol–water partition coefficient (Wildman–Crippen LogP) is 0.786. The second kappa shape index (κ2) is 5.80. The number of carbonyl (C=O) groups is 1. The van der Waals surface area contributed by atoms with Crippen LogP contribution in [0.4, 0.5) is 0 Å². The third kappa shape index (κ3) is 3.11. The average Bonchev–Trinajstić information content (AvgIpc) is 3.02. The van der Waals surface area contributed by atoms with Crippen molar-refractivity contribution in [3.63, 3.8) is 0 Å². The van der Waals surface area contributed by atoms with Gasteiger partial charge in [-0.25, -0.2) is 0 Å². The number of fused-ring (bicyclic) bond motifs is 2. The highest BCUT2D eigenvalue weighted by atomic mass is 16.2.